The molecule has 9 nitrogen and oxygen atoms in total. The Morgan fingerprint density at radius 3 is 2.31 bits per heavy atom. The molecule has 2 saturated heterocycles. The molecule has 6 rings (SSSR count). The van der Waals surface area contributed by atoms with Gasteiger partial charge in [0.25, 0.3) is 11.8 Å². The second kappa shape index (κ2) is 9.56. The zero-order valence-electron chi connectivity index (χ0n) is 22.7. The normalized spacial score (nSPS) is 32.0. The van der Waals surface area contributed by atoms with Gasteiger partial charge in [0, 0.05) is 18.5 Å². The Morgan fingerprint density at radius 2 is 1.69 bits per heavy atom. The molecular weight excluding hydrogens is 607 g/mol. The van der Waals surface area contributed by atoms with E-state index in [1.54, 1.807) is 30.3 Å². The molecule has 6 atom stereocenters. The summed E-state index contributed by atoms with van der Waals surface area (Å²) < 4.78 is 5.30. The summed E-state index contributed by atoms with van der Waals surface area (Å²) in [7, 11) is 2.64. The molecule has 2 aliphatic heterocycles. The monoisotopic (exact) mass is 630 g/mol. The van der Waals surface area contributed by atoms with Crippen LogP contribution in [0, 0.1) is 17.8 Å². The summed E-state index contributed by atoms with van der Waals surface area (Å²) in [5.74, 6) is -6.12. The zero-order valence-corrected chi connectivity index (χ0v) is 25.0. The van der Waals surface area contributed by atoms with Crippen molar-refractivity contribution in [1.29, 1.82) is 0 Å². The van der Waals surface area contributed by atoms with Crippen molar-refractivity contribution in [3.63, 3.8) is 0 Å². The third-order valence-corrected chi connectivity index (χ3v) is 10.9. The van der Waals surface area contributed by atoms with Crippen LogP contribution in [-0.2, 0) is 19.2 Å². The van der Waals surface area contributed by atoms with E-state index in [9.17, 15) is 29.1 Å². The molecule has 1 saturated carbocycles. The number of amides is 4. The third kappa shape index (κ3) is 3.59. The summed E-state index contributed by atoms with van der Waals surface area (Å²) in [4.78, 5) is 64.8. The van der Waals surface area contributed by atoms with Crippen LogP contribution in [0.2, 0.25) is 5.02 Å². The number of carbonyl (C=O) groups is 5. The van der Waals surface area contributed by atoms with Crippen molar-refractivity contribution in [2.24, 2.45) is 17.8 Å². The van der Waals surface area contributed by atoms with Gasteiger partial charge >= 0.3 is 0 Å². The van der Waals surface area contributed by atoms with E-state index in [4.69, 9.17) is 39.5 Å². The lowest BCUT2D eigenvalue weighted by Gasteiger charge is -2.50. The summed E-state index contributed by atoms with van der Waals surface area (Å²) in [6, 6.07) is 9.11. The van der Waals surface area contributed by atoms with E-state index >= 15 is 0 Å². The number of carbonyl (C=O) groups excluding carboxylic acids is 5. The number of nitrogens with zero attached hydrogens (tertiary/aromatic N) is 2. The topological polar surface area (TPSA) is 121 Å². The smallest absolute Gasteiger partial charge is 0.253 e. The van der Waals surface area contributed by atoms with Crippen LogP contribution in [0.3, 0.4) is 0 Å². The highest BCUT2D eigenvalue weighted by molar-refractivity contribution is 6.53. The fourth-order valence-corrected chi connectivity index (χ4v) is 8.37. The lowest BCUT2D eigenvalue weighted by atomic mass is 9.56. The molecule has 2 heterocycles. The number of hydrogen-bond acceptors (Lipinski definition) is 7. The summed E-state index contributed by atoms with van der Waals surface area (Å²) in [6.07, 6.45) is 1.83. The maximum absolute atomic E-state index is 14.1. The number of alkyl halides is 2. The lowest BCUT2D eigenvalue weighted by Crippen LogP contribution is -2.60. The molecule has 1 N–H and O–H groups in total. The molecule has 0 radical (unpaired) electrons. The average molecular weight is 632 g/mol. The van der Waals surface area contributed by atoms with E-state index in [0.29, 0.717) is 22.4 Å². The van der Waals surface area contributed by atoms with Crippen molar-refractivity contribution >= 4 is 69.9 Å². The Balaban J connectivity index is 1.50. The summed E-state index contributed by atoms with van der Waals surface area (Å²) in [5.41, 5.74) is 1.70. The fourth-order valence-electron chi connectivity index (χ4n) is 7.13. The van der Waals surface area contributed by atoms with Crippen LogP contribution in [0.15, 0.2) is 48.0 Å². The first kappa shape index (κ1) is 28.7. The van der Waals surface area contributed by atoms with Crippen LogP contribution in [0.4, 0.5) is 5.69 Å². The number of fused-ring (bicyclic) bond motifs is 4. The quantitative estimate of drug-likeness (QED) is 0.229. The van der Waals surface area contributed by atoms with Crippen LogP contribution in [0.1, 0.15) is 41.6 Å². The van der Waals surface area contributed by atoms with Crippen molar-refractivity contribution in [2.45, 2.75) is 35.4 Å². The lowest BCUT2D eigenvalue weighted by molar-refractivity contribution is -0.138. The van der Waals surface area contributed by atoms with Gasteiger partial charge in [-0.15, -0.1) is 23.2 Å². The number of phenols is 1. The number of methoxy groups -OCH3 is 1. The van der Waals surface area contributed by atoms with Crippen LogP contribution < -0.4 is 9.64 Å². The number of ketones is 1. The Morgan fingerprint density at radius 1 is 1.02 bits per heavy atom. The van der Waals surface area contributed by atoms with E-state index in [2.05, 4.69) is 0 Å². The maximum atomic E-state index is 14.1. The average Bonchev–Trinajstić information content (AvgIpc) is 3.29. The fraction of sp³-hybridized carbons (Fsp3) is 0.367. The van der Waals surface area contributed by atoms with Gasteiger partial charge < -0.3 is 9.84 Å². The van der Waals surface area contributed by atoms with Gasteiger partial charge in [-0.2, -0.15) is 0 Å². The van der Waals surface area contributed by atoms with Crippen molar-refractivity contribution in [3.8, 4) is 11.5 Å². The Bertz CT molecular complexity index is 1640. The number of allylic oxidation sites excluding steroid dienone is 2. The minimum Gasteiger partial charge on any atom is -0.503 e. The van der Waals surface area contributed by atoms with Crippen LogP contribution in [-0.4, -0.2) is 63.3 Å². The predicted molar refractivity (Wildman–Crippen MR) is 154 cm³/mol. The molecule has 2 aromatic rings. The molecule has 0 unspecified atom stereocenters. The molecule has 0 aromatic heterocycles. The standard InChI is InChI=1S/C30H25Cl3N2O7/c1-13(36)14-4-6-16(7-5-14)35-25(38)18-9-8-17-19(22(18)26(35)39)12-29(32)27(40)34(2)28(41)30(29,33)23(17)15-10-20(31)24(37)21(11-15)42-3/h4-8,10-11,18-19,22-23,37H,9,12H2,1-3H3/t18-,19+,22-,23-,29+,30-/m0/s1. The number of anilines is 1. The summed E-state index contributed by atoms with van der Waals surface area (Å²) >= 11 is 20.7. The van der Waals surface area contributed by atoms with E-state index < -0.39 is 57.0 Å². The third-order valence-electron chi connectivity index (χ3n) is 9.15. The molecule has 2 aliphatic carbocycles. The Labute approximate surface area is 255 Å². The van der Waals surface area contributed by atoms with E-state index in [1.807, 2.05) is 0 Å². The van der Waals surface area contributed by atoms with Crippen molar-refractivity contribution < 1.29 is 33.8 Å². The van der Waals surface area contributed by atoms with Gasteiger partial charge in [-0.1, -0.05) is 23.3 Å². The SMILES string of the molecule is COc1cc([C@H]2C3=CC[C@@H]4C(=O)N(c5ccc(C(C)=O)cc5)C(=O)[C@@H]4[C@@H]3C[C@@]3(Cl)C(=O)N(C)C(=O)[C@@]23Cl)cc(Cl)c1O. The molecule has 2 aromatic carbocycles. The second-order valence-electron chi connectivity index (χ2n) is 11.2. The van der Waals surface area contributed by atoms with Gasteiger partial charge in [-0.3, -0.25) is 33.8 Å². The minimum atomic E-state index is -1.99. The van der Waals surface area contributed by atoms with Gasteiger partial charge in [0.2, 0.25) is 11.8 Å². The highest BCUT2D eigenvalue weighted by Gasteiger charge is 2.76. The number of benzene rings is 2. The van der Waals surface area contributed by atoms with Crippen molar-refractivity contribution in [1.82, 2.24) is 4.90 Å². The van der Waals surface area contributed by atoms with Crippen LogP contribution in [0.5, 0.6) is 11.5 Å². The first-order valence-electron chi connectivity index (χ1n) is 13.2. The molecule has 42 heavy (non-hydrogen) atoms. The molecule has 218 valence electrons. The van der Waals surface area contributed by atoms with Crippen LogP contribution in [0.25, 0.3) is 0 Å². The highest BCUT2D eigenvalue weighted by Crippen LogP contribution is 2.65. The van der Waals surface area contributed by atoms with Gasteiger partial charge in [0.05, 0.1) is 29.7 Å². The number of aromatic hydroxyl groups is 1. The molecule has 12 heteroatoms. The number of imide groups is 2. The maximum Gasteiger partial charge on any atom is 0.253 e. The molecule has 0 bridgehead atoms. The molecule has 4 amide bonds. The van der Waals surface area contributed by atoms with E-state index in [1.165, 1.54) is 33.2 Å². The van der Waals surface area contributed by atoms with Gasteiger partial charge in [0.15, 0.2) is 27.0 Å². The van der Waals surface area contributed by atoms with Crippen LogP contribution >= 0.6 is 34.8 Å². The Kier molecular flexibility index (Phi) is 6.53. The van der Waals surface area contributed by atoms with Gasteiger partial charge in [-0.25, -0.2) is 0 Å². The zero-order chi connectivity index (χ0) is 30.5. The number of phenolic OH excluding ortho intramolecular Hbond substituents is 1. The van der Waals surface area contributed by atoms with Gasteiger partial charge in [0.1, 0.15) is 0 Å². The van der Waals surface area contributed by atoms with Gasteiger partial charge in [-0.05, 0) is 67.6 Å². The number of Topliss-reactive ketones (excluding diaryl/α,β-unsaturated/α-hetero) is 1. The molecular formula is C30H25Cl3N2O7. The van der Waals surface area contributed by atoms with E-state index in [0.717, 1.165) is 9.80 Å². The molecule has 4 aliphatic rings. The second-order valence-corrected chi connectivity index (χ2v) is 12.8. The van der Waals surface area contributed by atoms with E-state index in [-0.39, 0.29) is 35.1 Å². The first-order chi connectivity index (χ1) is 19.8. The summed E-state index contributed by atoms with van der Waals surface area (Å²) in [5, 5.41) is 10.3. The number of ether oxygens (including phenoxy) is 1. The van der Waals surface area contributed by atoms with Crippen molar-refractivity contribution in [2.75, 3.05) is 19.1 Å². The number of hydrogen-bond donors (Lipinski definition) is 1. The number of likely N-dealkylation sites (tertiary alicyclic amines) is 1. The summed E-state index contributed by atoms with van der Waals surface area (Å²) in [6.45, 7) is 1.42. The largest absolute Gasteiger partial charge is 0.503 e. The Hall–Kier alpha value is -3.40. The molecule has 0 spiro atoms. The minimum absolute atomic E-state index is 0.0202. The first-order valence-corrected chi connectivity index (χ1v) is 14.4. The predicted octanol–water partition coefficient (Wildman–Crippen LogP) is 4.45. The van der Waals surface area contributed by atoms with Crippen molar-refractivity contribution in [3.05, 3.63) is 64.2 Å². The molecule has 3 fully saturated rings. The number of halogens is 3. The number of rotatable bonds is 4. The highest BCUT2D eigenvalue weighted by atomic mass is 35.5.